The molecule has 0 bridgehead atoms. The molecule has 2 N–H and O–H groups in total. The molecule has 2 heteroatoms. The molecule has 0 spiro atoms. The van der Waals surface area contributed by atoms with Crippen LogP contribution in [0.4, 0.5) is 0 Å². The second kappa shape index (κ2) is 1.80. The lowest BCUT2D eigenvalue weighted by Crippen LogP contribution is -2.51. The summed E-state index contributed by atoms with van der Waals surface area (Å²) >= 11 is 0. The topological polar surface area (TPSA) is 26.0 Å². The van der Waals surface area contributed by atoms with E-state index in [-0.39, 0.29) is 0 Å². The Kier molecular flexibility index (Phi) is 1.78. The molecule has 2 nitrogen and oxygen atoms in total. The summed E-state index contributed by atoms with van der Waals surface area (Å²) in [6, 6.07) is 0.514. The predicted octanol–water partition coefficient (Wildman–Crippen LogP) is 0.345. The molecule has 0 atom stereocenters. The number of rotatable bonds is 1. The maximum Gasteiger partial charge on any atom is 0.100 e. The van der Waals surface area contributed by atoms with Crippen LogP contribution in [-0.4, -0.2) is 24.7 Å². The molecule has 7 heavy (non-hydrogen) atoms. The normalized spacial score (nSPS) is 12.9. The Labute approximate surface area is 45.5 Å². The molecule has 0 aromatic rings. The Morgan fingerprint density at radius 3 is 1.43 bits per heavy atom. The molecule has 0 unspecified atom stereocenters. The quantitative estimate of drug-likeness (QED) is 0.289. The van der Waals surface area contributed by atoms with E-state index in [1.165, 1.54) is 0 Å². The maximum atomic E-state index is 5.62. The van der Waals surface area contributed by atoms with Crippen LogP contribution < -0.4 is 5.84 Å². The first kappa shape index (κ1) is 6.92. The molecule has 0 aromatic carbocycles. The van der Waals surface area contributed by atoms with Crippen LogP contribution in [-0.2, 0) is 0 Å². The highest BCUT2D eigenvalue weighted by Crippen LogP contribution is 1.93. The monoisotopic (exact) mass is 103 g/mol. The molecule has 0 rings (SSSR count). The van der Waals surface area contributed by atoms with Crippen LogP contribution in [0.1, 0.15) is 13.8 Å². The number of hydrogen-bond acceptors (Lipinski definition) is 1. The molecule has 0 saturated carbocycles. The average Bonchev–Trinajstić information content (AvgIpc) is 1.31. The van der Waals surface area contributed by atoms with Gasteiger partial charge in [-0.15, -0.1) is 0 Å². The van der Waals surface area contributed by atoms with E-state index in [1.807, 2.05) is 14.1 Å². The third kappa shape index (κ3) is 2.60. The van der Waals surface area contributed by atoms with Gasteiger partial charge in [0.15, 0.2) is 0 Å². The van der Waals surface area contributed by atoms with E-state index in [9.17, 15) is 0 Å². The minimum absolute atomic E-state index is 0.514. The Hall–Kier alpha value is -0.0800. The standard InChI is InChI=1S/C5H15N2/c1-5(2)7(3,4)6/h5H,6H2,1-4H3/q+1. The summed E-state index contributed by atoms with van der Waals surface area (Å²) in [5, 5.41) is 0. The lowest BCUT2D eigenvalue weighted by molar-refractivity contribution is -0.922. The highest BCUT2D eigenvalue weighted by Gasteiger charge is 2.11. The van der Waals surface area contributed by atoms with Gasteiger partial charge in [0.25, 0.3) is 0 Å². The van der Waals surface area contributed by atoms with Crippen LogP contribution in [0.3, 0.4) is 0 Å². The van der Waals surface area contributed by atoms with E-state index < -0.39 is 0 Å². The van der Waals surface area contributed by atoms with Crippen LogP contribution in [0.25, 0.3) is 0 Å². The summed E-state index contributed by atoms with van der Waals surface area (Å²) in [5.41, 5.74) is 0. The van der Waals surface area contributed by atoms with Crippen LogP contribution in [0.2, 0.25) is 0 Å². The van der Waals surface area contributed by atoms with Gasteiger partial charge in [-0.25, -0.2) is 0 Å². The summed E-state index contributed by atoms with van der Waals surface area (Å²) in [7, 11) is 3.95. The molecule has 0 aliphatic rings. The fourth-order valence-electron chi connectivity index (χ4n) is 0. The molecule has 0 amide bonds. The van der Waals surface area contributed by atoms with Gasteiger partial charge in [-0.3, -0.25) is 4.59 Å². The molecular weight excluding hydrogens is 88.1 g/mol. The van der Waals surface area contributed by atoms with E-state index in [0.717, 1.165) is 0 Å². The summed E-state index contributed by atoms with van der Waals surface area (Å²) in [6.07, 6.45) is 0. The van der Waals surface area contributed by atoms with Crippen LogP contribution >= 0.6 is 0 Å². The minimum atomic E-state index is 0.514. The van der Waals surface area contributed by atoms with Gasteiger partial charge in [0, 0.05) is 0 Å². The zero-order chi connectivity index (χ0) is 6.08. The molecule has 0 radical (unpaired) electrons. The lowest BCUT2D eigenvalue weighted by atomic mass is 10.3. The molecular formula is C5H15N2+. The number of nitrogens with zero attached hydrogens (tertiary/aromatic N) is 1. The molecule has 0 heterocycles. The van der Waals surface area contributed by atoms with Crippen molar-refractivity contribution < 1.29 is 4.59 Å². The molecule has 0 saturated heterocycles. The van der Waals surface area contributed by atoms with Crippen molar-refractivity contribution in [3.8, 4) is 0 Å². The summed E-state index contributed by atoms with van der Waals surface area (Å²) in [5.74, 6) is 5.62. The molecule has 0 aliphatic heterocycles. The first-order valence-electron chi connectivity index (χ1n) is 2.57. The summed E-state index contributed by atoms with van der Waals surface area (Å²) in [6.45, 7) is 4.19. The van der Waals surface area contributed by atoms with Gasteiger partial charge in [0.1, 0.15) is 6.04 Å². The Balaban J connectivity index is 3.54. The second-order valence-corrected chi connectivity index (χ2v) is 2.72. The van der Waals surface area contributed by atoms with Gasteiger partial charge >= 0.3 is 0 Å². The molecule has 0 aliphatic carbocycles. The van der Waals surface area contributed by atoms with Crippen molar-refractivity contribution in [2.24, 2.45) is 5.84 Å². The molecule has 0 fully saturated rings. The van der Waals surface area contributed by atoms with Crippen molar-refractivity contribution in [3.63, 3.8) is 0 Å². The van der Waals surface area contributed by atoms with Crippen molar-refractivity contribution in [3.05, 3.63) is 0 Å². The van der Waals surface area contributed by atoms with Crippen molar-refractivity contribution >= 4 is 0 Å². The summed E-state index contributed by atoms with van der Waals surface area (Å²) < 4.78 is 0.556. The zero-order valence-electron chi connectivity index (χ0n) is 5.60. The maximum absolute atomic E-state index is 5.62. The first-order valence-corrected chi connectivity index (χ1v) is 2.57. The van der Waals surface area contributed by atoms with Crippen LogP contribution in [0.5, 0.6) is 0 Å². The van der Waals surface area contributed by atoms with Crippen molar-refractivity contribution in [1.29, 1.82) is 0 Å². The van der Waals surface area contributed by atoms with Crippen LogP contribution in [0, 0.1) is 0 Å². The van der Waals surface area contributed by atoms with E-state index >= 15 is 0 Å². The largest absolute Gasteiger partial charge is 0.251 e. The average molecular weight is 103 g/mol. The Bertz CT molecular complexity index is 51.6. The van der Waals surface area contributed by atoms with Gasteiger partial charge in [-0.2, -0.15) is 5.84 Å². The predicted molar refractivity (Wildman–Crippen MR) is 31.4 cm³/mol. The van der Waals surface area contributed by atoms with Crippen molar-refractivity contribution in [2.75, 3.05) is 14.1 Å². The number of quaternary nitrogens is 1. The van der Waals surface area contributed by atoms with E-state index in [4.69, 9.17) is 5.84 Å². The van der Waals surface area contributed by atoms with Crippen molar-refractivity contribution in [2.45, 2.75) is 19.9 Å². The van der Waals surface area contributed by atoms with E-state index in [0.29, 0.717) is 10.6 Å². The smallest absolute Gasteiger partial charge is 0.100 e. The molecule has 0 aromatic heterocycles. The van der Waals surface area contributed by atoms with E-state index in [2.05, 4.69) is 13.8 Å². The highest BCUT2D eigenvalue weighted by molar-refractivity contribution is 4.30. The second-order valence-electron chi connectivity index (χ2n) is 2.72. The van der Waals surface area contributed by atoms with Gasteiger partial charge in [-0.1, -0.05) is 0 Å². The highest BCUT2D eigenvalue weighted by atomic mass is 15.6. The minimum Gasteiger partial charge on any atom is -0.251 e. The Morgan fingerprint density at radius 2 is 1.43 bits per heavy atom. The van der Waals surface area contributed by atoms with Crippen molar-refractivity contribution in [1.82, 2.24) is 0 Å². The first-order chi connectivity index (χ1) is 2.94. The fourth-order valence-corrected chi connectivity index (χ4v) is 0. The van der Waals surface area contributed by atoms with Gasteiger partial charge < -0.3 is 0 Å². The molecule has 44 valence electrons. The summed E-state index contributed by atoms with van der Waals surface area (Å²) in [4.78, 5) is 0. The van der Waals surface area contributed by atoms with E-state index in [1.54, 1.807) is 0 Å². The van der Waals surface area contributed by atoms with Gasteiger partial charge in [0.05, 0.1) is 14.1 Å². The fraction of sp³-hybridized carbons (Fsp3) is 1.00. The Morgan fingerprint density at radius 1 is 1.29 bits per heavy atom. The number of nitrogens with two attached hydrogens (primary N) is 1. The third-order valence-electron chi connectivity index (χ3n) is 1.33. The van der Waals surface area contributed by atoms with Gasteiger partial charge in [0.2, 0.25) is 0 Å². The van der Waals surface area contributed by atoms with Gasteiger partial charge in [-0.05, 0) is 13.8 Å². The third-order valence-corrected chi connectivity index (χ3v) is 1.33. The zero-order valence-corrected chi connectivity index (χ0v) is 5.60. The lowest BCUT2D eigenvalue weighted by Gasteiger charge is -2.26. The van der Waals surface area contributed by atoms with Crippen LogP contribution in [0.15, 0.2) is 0 Å². The SMILES string of the molecule is CC(C)[N+](C)(C)N. The number of hydrogen-bond donors (Lipinski definition) is 1.